The van der Waals surface area contributed by atoms with Crippen LogP contribution in [-0.4, -0.2) is 30.0 Å². The van der Waals surface area contributed by atoms with Crippen LogP contribution in [0.25, 0.3) is 22.4 Å². The number of hydrogen-bond donors (Lipinski definition) is 0. The topological polar surface area (TPSA) is 83.7 Å². The molecule has 0 radical (unpaired) electrons. The van der Waals surface area contributed by atoms with E-state index in [1.807, 2.05) is 6.07 Å². The van der Waals surface area contributed by atoms with E-state index >= 15 is 0 Å². The first kappa shape index (κ1) is 13.6. The van der Waals surface area contributed by atoms with Gasteiger partial charge in [-0.2, -0.15) is 0 Å². The van der Waals surface area contributed by atoms with E-state index in [-0.39, 0.29) is 12.5 Å². The average molecular weight is 312 g/mol. The molecular formula is C16H12N2O5. The molecule has 2 aromatic heterocycles. The molecule has 0 aliphatic carbocycles. The van der Waals surface area contributed by atoms with E-state index in [0.29, 0.717) is 33.8 Å². The highest BCUT2D eigenvalue weighted by atomic mass is 16.7. The normalized spacial score (nSPS) is 12.6. The van der Waals surface area contributed by atoms with E-state index < -0.39 is 5.97 Å². The number of ether oxygens (including phenoxy) is 3. The van der Waals surface area contributed by atoms with Crippen molar-refractivity contribution in [2.45, 2.75) is 6.92 Å². The second-order valence-corrected chi connectivity index (χ2v) is 5.08. The summed E-state index contributed by atoms with van der Waals surface area (Å²) < 4.78 is 20.8. The summed E-state index contributed by atoms with van der Waals surface area (Å²) in [6.07, 6.45) is 0. The van der Waals surface area contributed by atoms with Crippen LogP contribution in [0.2, 0.25) is 0 Å². The lowest BCUT2D eigenvalue weighted by Gasteiger charge is -2.04. The standard InChI is InChI=1S/C16H12N2O5/c1-8-5-10(16(19)20-2)13-14(18-23-15(13)17-8)9-3-4-11-12(6-9)22-7-21-11/h3-6H,7H2,1-2H3. The number of aryl methyl sites for hydroxylation is 1. The summed E-state index contributed by atoms with van der Waals surface area (Å²) in [7, 11) is 1.33. The predicted octanol–water partition coefficient (Wildman–Crippen LogP) is 2.71. The van der Waals surface area contributed by atoms with Gasteiger partial charge in [-0.1, -0.05) is 5.16 Å². The van der Waals surface area contributed by atoms with E-state index in [1.165, 1.54) is 7.11 Å². The lowest BCUT2D eigenvalue weighted by Crippen LogP contribution is -2.03. The predicted molar refractivity (Wildman–Crippen MR) is 79.4 cm³/mol. The number of aromatic nitrogens is 2. The largest absolute Gasteiger partial charge is 0.465 e. The number of rotatable bonds is 2. The summed E-state index contributed by atoms with van der Waals surface area (Å²) in [6.45, 7) is 1.96. The summed E-state index contributed by atoms with van der Waals surface area (Å²) in [4.78, 5) is 16.4. The maximum atomic E-state index is 12.1. The summed E-state index contributed by atoms with van der Waals surface area (Å²) in [5.74, 6) is 0.827. The third-order valence-electron chi connectivity index (χ3n) is 3.63. The third kappa shape index (κ3) is 2.09. The molecule has 1 aromatic carbocycles. The van der Waals surface area contributed by atoms with Gasteiger partial charge in [-0.15, -0.1) is 0 Å². The van der Waals surface area contributed by atoms with Crippen molar-refractivity contribution in [1.29, 1.82) is 0 Å². The second kappa shape index (κ2) is 4.98. The monoisotopic (exact) mass is 312 g/mol. The molecule has 0 N–H and O–H groups in total. The van der Waals surface area contributed by atoms with Gasteiger partial charge in [-0.05, 0) is 31.2 Å². The van der Waals surface area contributed by atoms with Crippen LogP contribution in [0.1, 0.15) is 16.1 Å². The Morgan fingerprint density at radius 2 is 2.04 bits per heavy atom. The maximum Gasteiger partial charge on any atom is 0.338 e. The quantitative estimate of drug-likeness (QED) is 0.673. The van der Waals surface area contributed by atoms with E-state index in [2.05, 4.69) is 10.1 Å². The lowest BCUT2D eigenvalue weighted by atomic mass is 10.0. The van der Waals surface area contributed by atoms with Gasteiger partial charge in [0.2, 0.25) is 6.79 Å². The van der Waals surface area contributed by atoms with Crippen LogP contribution in [-0.2, 0) is 4.74 Å². The highest BCUT2D eigenvalue weighted by Gasteiger charge is 2.23. The molecule has 23 heavy (non-hydrogen) atoms. The molecule has 0 saturated carbocycles. The molecule has 7 nitrogen and oxygen atoms in total. The number of nitrogens with zero attached hydrogens (tertiary/aromatic N) is 2. The molecule has 0 spiro atoms. The molecule has 4 rings (SSSR count). The Morgan fingerprint density at radius 1 is 1.22 bits per heavy atom. The fourth-order valence-corrected chi connectivity index (χ4v) is 2.59. The number of esters is 1. The second-order valence-electron chi connectivity index (χ2n) is 5.08. The van der Waals surface area contributed by atoms with Crippen LogP contribution >= 0.6 is 0 Å². The van der Waals surface area contributed by atoms with Crippen LogP contribution in [0.5, 0.6) is 11.5 Å². The molecule has 0 fully saturated rings. The van der Waals surface area contributed by atoms with Gasteiger partial charge in [0.15, 0.2) is 11.5 Å². The molecule has 0 saturated heterocycles. The number of methoxy groups -OCH3 is 1. The Bertz CT molecular complexity index is 932. The van der Waals surface area contributed by atoms with E-state index in [9.17, 15) is 4.79 Å². The number of carbonyl (C=O) groups excluding carboxylic acids is 1. The van der Waals surface area contributed by atoms with Crippen LogP contribution in [0.4, 0.5) is 0 Å². The van der Waals surface area contributed by atoms with Crippen molar-refractivity contribution in [3.8, 4) is 22.8 Å². The zero-order valence-electron chi connectivity index (χ0n) is 12.5. The van der Waals surface area contributed by atoms with Gasteiger partial charge >= 0.3 is 5.97 Å². The zero-order chi connectivity index (χ0) is 16.0. The number of carbonyl (C=O) groups is 1. The van der Waals surface area contributed by atoms with Crippen molar-refractivity contribution < 1.29 is 23.5 Å². The molecule has 116 valence electrons. The van der Waals surface area contributed by atoms with Crippen LogP contribution in [0.15, 0.2) is 28.8 Å². The van der Waals surface area contributed by atoms with Crippen molar-refractivity contribution in [2.75, 3.05) is 13.9 Å². The van der Waals surface area contributed by atoms with Crippen molar-refractivity contribution in [2.24, 2.45) is 0 Å². The SMILES string of the molecule is COC(=O)c1cc(C)nc2onc(-c3ccc4c(c3)OCO4)c12. The Hall–Kier alpha value is -3.09. The first-order chi connectivity index (χ1) is 11.2. The van der Waals surface area contributed by atoms with E-state index in [1.54, 1.807) is 25.1 Å². The third-order valence-corrected chi connectivity index (χ3v) is 3.63. The summed E-state index contributed by atoms with van der Waals surface area (Å²) in [5.41, 5.74) is 2.54. The number of benzene rings is 1. The Balaban J connectivity index is 1.96. The maximum absolute atomic E-state index is 12.1. The highest BCUT2D eigenvalue weighted by Crippen LogP contribution is 2.38. The van der Waals surface area contributed by atoms with Gasteiger partial charge in [-0.3, -0.25) is 0 Å². The van der Waals surface area contributed by atoms with Gasteiger partial charge in [0.05, 0.1) is 18.1 Å². The van der Waals surface area contributed by atoms with Crippen molar-refractivity contribution in [3.63, 3.8) is 0 Å². The van der Waals surface area contributed by atoms with Crippen LogP contribution in [0.3, 0.4) is 0 Å². The summed E-state index contributed by atoms with van der Waals surface area (Å²) >= 11 is 0. The minimum atomic E-state index is -0.467. The number of pyridine rings is 1. The summed E-state index contributed by atoms with van der Waals surface area (Å²) in [6, 6.07) is 7.06. The van der Waals surface area contributed by atoms with Gasteiger partial charge in [0.25, 0.3) is 5.71 Å². The molecule has 7 heteroatoms. The van der Waals surface area contributed by atoms with E-state index in [4.69, 9.17) is 18.7 Å². The van der Waals surface area contributed by atoms with Crippen LogP contribution in [0, 0.1) is 6.92 Å². The smallest absolute Gasteiger partial charge is 0.338 e. The first-order valence-corrected chi connectivity index (χ1v) is 6.92. The summed E-state index contributed by atoms with van der Waals surface area (Å²) in [5, 5.41) is 4.58. The molecule has 3 heterocycles. The lowest BCUT2D eigenvalue weighted by molar-refractivity contribution is 0.0602. The fraction of sp³-hybridized carbons (Fsp3) is 0.188. The number of fused-ring (bicyclic) bond motifs is 2. The molecule has 3 aromatic rings. The molecular weight excluding hydrogens is 300 g/mol. The van der Waals surface area contributed by atoms with Crippen molar-refractivity contribution >= 4 is 17.1 Å². The zero-order valence-corrected chi connectivity index (χ0v) is 12.5. The minimum absolute atomic E-state index is 0.187. The Kier molecular flexibility index (Phi) is 2.94. The molecule has 1 aliphatic heterocycles. The van der Waals surface area contributed by atoms with Crippen LogP contribution < -0.4 is 9.47 Å². The highest BCUT2D eigenvalue weighted by molar-refractivity contribution is 6.07. The van der Waals surface area contributed by atoms with Gasteiger partial charge in [0.1, 0.15) is 5.69 Å². The average Bonchev–Trinajstić information content (AvgIpc) is 3.18. The number of hydrogen-bond acceptors (Lipinski definition) is 7. The van der Waals surface area contributed by atoms with Crippen molar-refractivity contribution in [3.05, 3.63) is 35.5 Å². The Morgan fingerprint density at radius 3 is 2.87 bits per heavy atom. The van der Waals surface area contributed by atoms with Gasteiger partial charge < -0.3 is 18.7 Å². The molecule has 0 bridgehead atoms. The Labute approximate surface area is 130 Å². The molecule has 0 atom stereocenters. The molecule has 0 amide bonds. The fourth-order valence-electron chi connectivity index (χ4n) is 2.59. The van der Waals surface area contributed by atoms with E-state index in [0.717, 1.165) is 5.56 Å². The van der Waals surface area contributed by atoms with Crippen molar-refractivity contribution in [1.82, 2.24) is 10.1 Å². The minimum Gasteiger partial charge on any atom is -0.465 e. The van der Waals surface area contributed by atoms with Gasteiger partial charge in [0, 0.05) is 11.3 Å². The molecule has 0 unspecified atom stereocenters. The van der Waals surface area contributed by atoms with Gasteiger partial charge in [-0.25, -0.2) is 9.78 Å². The first-order valence-electron chi connectivity index (χ1n) is 6.92. The molecule has 1 aliphatic rings.